The normalized spacial score (nSPS) is 10.7. The van der Waals surface area contributed by atoms with Gasteiger partial charge in [0.2, 0.25) is 5.89 Å². The first-order valence-electron chi connectivity index (χ1n) is 8.59. The van der Waals surface area contributed by atoms with E-state index in [4.69, 9.17) is 16.0 Å². The van der Waals surface area contributed by atoms with Gasteiger partial charge in [0.25, 0.3) is 0 Å². The van der Waals surface area contributed by atoms with E-state index in [0.29, 0.717) is 22.9 Å². The highest BCUT2D eigenvalue weighted by molar-refractivity contribution is 6.34. The first-order valence-corrected chi connectivity index (χ1v) is 8.97. The minimum Gasteiger partial charge on any atom is -0.436 e. The predicted molar refractivity (Wildman–Crippen MR) is 107 cm³/mol. The lowest BCUT2D eigenvalue weighted by Gasteiger charge is -2.04. The van der Waals surface area contributed by atoms with Crippen molar-refractivity contribution in [3.63, 3.8) is 0 Å². The quantitative estimate of drug-likeness (QED) is 0.398. The van der Waals surface area contributed by atoms with Crippen molar-refractivity contribution in [2.24, 2.45) is 0 Å². The lowest BCUT2D eigenvalue weighted by molar-refractivity contribution is 0.0993. The minimum atomic E-state index is -0.00385. The summed E-state index contributed by atoms with van der Waals surface area (Å²) >= 11 is 6.10. The van der Waals surface area contributed by atoms with E-state index < -0.39 is 0 Å². The fourth-order valence-corrected chi connectivity index (χ4v) is 3.12. The van der Waals surface area contributed by atoms with Crippen LogP contribution in [0.5, 0.6) is 0 Å². The van der Waals surface area contributed by atoms with Crippen LogP contribution in [0.25, 0.3) is 22.8 Å². The number of Topliss-reactive ketones (excluding diaryl/α,β-unsaturated/α-hetero) is 1. The van der Waals surface area contributed by atoms with Gasteiger partial charge in [-0.15, -0.1) is 0 Å². The van der Waals surface area contributed by atoms with Gasteiger partial charge in [0.15, 0.2) is 11.5 Å². The Morgan fingerprint density at radius 2 is 1.56 bits per heavy atom. The summed E-state index contributed by atoms with van der Waals surface area (Å²) in [5, 5.41) is 0.479. The van der Waals surface area contributed by atoms with Gasteiger partial charge in [0, 0.05) is 23.1 Å². The average Bonchev–Trinajstić information content (AvgIpc) is 3.20. The zero-order valence-electron chi connectivity index (χ0n) is 14.4. The summed E-state index contributed by atoms with van der Waals surface area (Å²) < 4.78 is 5.87. The molecule has 0 saturated carbocycles. The number of benzene rings is 3. The standard InChI is InChI=1S/C23H16ClNO2/c24-20-9-5-4-8-19(20)21(26)14-16-10-12-18(13-11-16)23-25-15-22(27-23)17-6-2-1-3-7-17/h1-13,15H,14H2. The fourth-order valence-electron chi connectivity index (χ4n) is 2.88. The van der Waals surface area contributed by atoms with Crippen molar-refractivity contribution in [1.29, 1.82) is 0 Å². The van der Waals surface area contributed by atoms with Crippen molar-refractivity contribution in [1.82, 2.24) is 4.98 Å². The molecule has 0 aliphatic rings. The smallest absolute Gasteiger partial charge is 0.226 e. The van der Waals surface area contributed by atoms with Crippen LogP contribution in [0.1, 0.15) is 15.9 Å². The number of aromatic nitrogens is 1. The molecule has 0 spiro atoms. The molecule has 0 aliphatic heterocycles. The molecule has 27 heavy (non-hydrogen) atoms. The third-order valence-corrected chi connectivity index (χ3v) is 4.63. The van der Waals surface area contributed by atoms with Crippen molar-refractivity contribution in [3.05, 3.63) is 101 Å². The summed E-state index contributed by atoms with van der Waals surface area (Å²) in [6, 6.07) is 24.6. The number of oxazole rings is 1. The number of ketones is 1. The molecular formula is C23H16ClNO2. The third-order valence-electron chi connectivity index (χ3n) is 4.30. The van der Waals surface area contributed by atoms with Crippen LogP contribution in [0.3, 0.4) is 0 Å². The molecule has 132 valence electrons. The average molecular weight is 374 g/mol. The van der Waals surface area contributed by atoms with Crippen molar-refractivity contribution < 1.29 is 9.21 Å². The molecule has 4 rings (SSSR count). The number of carbonyl (C=O) groups excluding carboxylic acids is 1. The molecule has 0 saturated heterocycles. The minimum absolute atomic E-state index is 0.00385. The van der Waals surface area contributed by atoms with Crippen LogP contribution >= 0.6 is 11.6 Å². The van der Waals surface area contributed by atoms with Crippen LogP contribution in [0.2, 0.25) is 5.02 Å². The molecule has 0 unspecified atom stereocenters. The van der Waals surface area contributed by atoms with Gasteiger partial charge in [-0.05, 0) is 29.8 Å². The Balaban J connectivity index is 1.50. The monoisotopic (exact) mass is 373 g/mol. The summed E-state index contributed by atoms with van der Waals surface area (Å²) in [5.74, 6) is 1.28. The lowest BCUT2D eigenvalue weighted by Crippen LogP contribution is -2.04. The SMILES string of the molecule is O=C(Cc1ccc(-c2ncc(-c3ccccc3)o2)cc1)c1ccccc1Cl. The van der Waals surface area contributed by atoms with Crippen LogP contribution in [0.4, 0.5) is 0 Å². The first-order chi connectivity index (χ1) is 13.2. The topological polar surface area (TPSA) is 43.1 Å². The fraction of sp³-hybridized carbons (Fsp3) is 0.0435. The van der Waals surface area contributed by atoms with E-state index in [2.05, 4.69) is 4.98 Å². The van der Waals surface area contributed by atoms with Gasteiger partial charge >= 0.3 is 0 Å². The molecule has 3 aromatic carbocycles. The van der Waals surface area contributed by atoms with E-state index in [1.807, 2.05) is 66.7 Å². The van der Waals surface area contributed by atoms with Gasteiger partial charge in [0.1, 0.15) is 0 Å². The van der Waals surface area contributed by atoms with Gasteiger partial charge in [-0.1, -0.05) is 66.2 Å². The molecular weight excluding hydrogens is 358 g/mol. The maximum absolute atomic E-state index is 12.4. The highest BCUT2D eigenvalue weighted by atomic mass is 35.5. The van der Waals surface area contributed by atoms with E-state index in [-0.39, 0.29) is 5.78 Å². The van der Waals surface area contributed by atoms with Crippen LogP contribution in [0, 0.1) is 0 Å². The van der Waals surface area contributed by atoms with E-state index in [9.17, 15) is 4.79 Å². The van der Waals surface area contributed by atoms with Crippen LogP contribution in [-0.4, -0.2) is 10.8 Å². The molecule has 0 aliphatic carbocycles. The summed E-state index contributed by atoms with van der Waals surface area (Å²) in [5.41, 5.74) is 3.31. The number of rotatable bonds is 5. The van der Waals surface area contributed by atoms with Crippen LogP contribution in [0.15, 0.2) is 89.5 Å². The molecule has 1 heterocycles. The van der Waals surface area contributed by atoms with E-state index in [1.54, 1.807) is 18.3 Å². The van der Waals surface area contributed by atoms with E-state index in [0.717, 1.165) is 22.5 Å². The van der Waals surface area contributed by atoms with Gasteiger partial charge in [-0.2, -0.15) is 0 Å². The van der Waals surface area contributed by atoms with Crippen molar-refractivity contribution >= 4 is 17.4 Å². The largest absolute Gasteiger partial charge is 0.436 e. The summed E-state index contributed by atoms with van der Waals surface area (Å²) in [6.45, 7) is 0. The zero-order chi connectivity index (χ0) is 18.6. The van der Waals surface area contributed by atoms with E-state index >= 15 is 0 Å². The number of hydrogen-bond acceptors (Lipinski definition) is 3. The van der Waals surface area contributed by atoms with Crippen molar-refractivity contribution in [2.45, 2.75) is 6.42 Å². The molecule has 0 radical (unpaired) electrons. The Labute approximate surface area is 162 Å². The molecule has 0 N–H and O–H groups in total. The Bertz CT molecular complexity index is 1070. The second-order valence-electron chi connectivity index (χ2n) is 6.17. The maximum Gasteiger partial charge on any atom is 0.226 e. The summed E-state index contributed by atoms with van der Waals surface area (Å²) in [6.07, 6.45) is 2.02. The van der Waals surface area contributed by atoms with E-state index in [1.165, 1.54) is 0 Å². The molecule has 0 fully saturated rings. The Kier molecular flexibility index (Phi) is 4.86. The van der Waals surface area contributed by atoms with Crippen LogP contribution < -0.4 is 0 Å². The van der Waals surface area contributed by atoms with Gasteiger partial charge < -0.3 is 4.42 Å². The molecule has 4 heteroatoms. The molecule has 1 aromatic heterocycles. The first kappa shape index (κ1) is 17.3. The zero-order valence-corrected chi connectivity index (χ0v) is 15.2. The van der Waals surface area contributed by atoms with Gasteiger partial charge in [0.05, 0.1) is 11.2 Å². The molecule has 0 amide bonds. The second kappa shape index (κ2) is 7.60. The third kappa shape index (κ3) is 3.83. The van der Waals surface area contributed by atoms with Crippen LogP contribution in [-0.2, 0) is 6.42 Å². The van der Waals surface area contributed by atoms with Gasteiger partial charge in [-0.25, -0.2) is 4.98 Å². The maximum atomic E-state index is 12.4. The molecule has 3 nitrogen and oxygen atoms in total. The molecule has 4 aromatic rings. The number of carbonyl (C=O) groups is 1. The highest BCUT2D eigenvalue weighted by Gasteiger charge is 2.12. The summed E-state index contributed by atoms with van der Waals surface area (Å²) in [4.78, 5) is 16.8. The number of hydrogen-bond donors (Lipinski definition) is 0. The highest BCUT2D eigenvalue weighted by Crippen LogP contribution is 2.26. The number of nitrogens with zero attached hydrogens (tertiary/aromatic N) is 1. The number of halogens is 1. The molecule has 0 bridgehead atoms. The van der Waals surface area contributed by atoms with Gasteiger partial charge in [-0.3, -0.25) is 4.79 Å². The predicted octanol–water partition coefficient (Wildman–Crippen LogP) is 6.09. The summed E-state index contributed by atoms with van der Waals surface area (Å²) in [7, 11) is 0. The van der Waals surface area contributed by atoms with Crippen molar-refractivity contribution in [3.8, 4) is 22.8 Å². The Morgan fingerprint density at radius 1 is 0.852 bits per heavy atom. The second-order valence-corrected chi connectivity index (χ2v) is 6.58. The van der Waals surface area contributed by atoms with Crippen molar-refractivity contribution in [2.75, 3.05) is 0 Å². The Hall–Kier alpha value is -3.17. The lowest BCUT2D eigenvalue weighted by atomic mass is 10.0. The Morgan fingerprint density at radius 3 is 2.30 bits per heavy atom. The molecule has 0 atom stereocenters.